The van der Waals surface area contributed by atoms with Crippen molar-refractivity contribution >= 4 is 5.91 Å². The van der Waals surface area contributed by atoms with Crippen LogP contribution in [0, 0.1) is 34.5 Å². The smallest absolute Gasteiger partial charge is 0.241 e. The van der Waals surface area contributed by atoms with Gasteiger partial charge in [0.1, 0.15) is 6.04 Å². The molecule has 6 rings (SSSR count). The molecule has 2 unspecified atom stereocenters. The molecule has 6 aliphatic rings. The van der Waals surface area contributed by atoms with Gasteiger partial charge in [0.05, 0.1) is 17.7 Å². The molecule has 0 spiro atoms. The summed E-state index contributed by atoms with van der Waals surface area (Å²) in [6.07, 6.45) is 7.48. The Morgan fingerprint density at radius 2 is 1.91 bits per heavy atom. The predicted molar refractivity (Wildman–Crippen MR) is 82.8 cm³/mol. The summed E-state index contributed by atoms with van der Waals surface area (Å²) in [5.41, 5.74) is 5.71. The van der Waals surface area contributed by atoms with E-state index in [1.54, 1.807) is 4.90 Å². The third-order valence-electron chi connectivity index (χ3n) is 7.51. The summed E-state index contributed by atoms with van der Waals surface area (Å²) in [6, 6.07) is 1.72. The van der Waals surface area contributed by atoms with E-state index in [-0.39, 0.29) is 23.4 Å². The van der Waals surface area contributed by atoms with Crippen LogP contribution in [0.1, 0.15) is 51.4 Å². The maximum Gasteiger partial charge on any atom is 0.241 e. The molecule has 1 amide bonds. The number of nitrogens with two attached hydrogens (primary N) is 1. The zero-order valence-corrected chi connectivity index (χ0v) is 13.4. The Balaban J connectivity index is 1.43. The number of rotatable bonds is 2. The number of aliphatic hydroxyl groups is 1. The Hall–Kier alpha value is -1.12. The molecule has 8 atom stereocenters. The number of carbonyl (C=O) groups is 1. The summed E-state index contributed by atoms with van der Waals surface area (Å²) in [6.45, 7) is 0. The fourth-order valence-corrected chi connectivity index (χ4v) is 6.96. The van der Waals surface area contributed by atoms with Crippen LogP contribution < -0.4 is 5.73 Å². The maximum atomic E-state index is 13.1. The third-order valence-corrected chi connectivity index (χ3v) is 7.51. The maximum absolute atomic E-state index is 13.1. The molecule has 0 aromatic carbocycles. The van der Waals surface area contributed by atoms with E-state index < -0.39 is 11.6 Å². The van der Waals surface area contributed by atoms with Crippen molar-refractivity contribution in [2.75, 3.05) is 0 Å². The Morgan fingerprint density at radius 3 is 2.52 bits per heavy atom. The normalized spacial score (nSPS) is 53.8. The summed E-state index contributed by atoms with van der Waals surface area (Å²) in [7, 11) is 0. The van der Waals surface area contributed by atoms with Gasteiger partial charge in [0.25, 0.3) is 0 Å². The van der Waals surface area contributed by atoms with Gasteiger partial charge < -0.3 is 15.7 Å². The van der Waals surface area contributed by atoms with Crippen molar-refractivity contribution in [3.05, 3.63) is 0 Å². The van der Waals surface area contributed by atoms with Crippen molar-refractivity contribution in [1.29, 1.82) is 5.26 Å². The number of carbonyl (C=O) groups excluding carboxylic acids is 1. The standard InChI is InChI=1S/C18H25N3O2/c19-8-13-2-12-3-14(12)21(13)16(22)15(20)17-4-10-1-11(5-17)7-18(23,6-10)9-17/h10-15,23H,1-7,9,20H2/t10-,11+,12-,13-,14+,15-,17?,18?/m1/s1. The molecule has 1 heterocycles. The number of hydrogen-bond donors (Lipinski definition) is 2. The number of nitrogens with zero attached hydrogens (tertiary/aromatic N) is 2. The molecule has 0 radical (unpaired) electrons. The second-order valence-electron chi connectivity index (χ2n) is 9.21. The van der Waals surface area contributed by atoms with Crippen LogP contribution in [-0.2, 0) is 4.79 Å². The monoisotopic (exact) mass is 315 g/mol. The van der Waals surface area contributed by atoms with Crippen molar-refractivity contribution in [3.8, 4) is 6.07 Å². The third kappa shape index (κ3) is 1.88. The Bertz CT molecular complexity index is 598. The molecule has 0 aromatic rings. The van der Waals surface area contributed by atoms with Gasteiger partial charge in [-0.25, -0.2) is 0 Å². The summed E-state index contributed by atoms with van der Waals surface area (Å²) in [5.74, 6) is 1.56. The minimum absolute atomic E-state index is 0.0212. The van der Waals surface area contributed by atoms with Gasteiger partial charge in [0, 0.05) is 6.04 Å². The molecule has 5 aliphatic carbocycles. The van der Waals surface area contributed by atoms with Gasteiger partial charge in [-0.05, 0) is 74.5 Å². The lowest BCUT2D eigenvalue weighted by Gasteiger charge is -2.61. The van der Waals surface area contributed by atoms with E-state index in [4.69, 9.17) is 5.73 Å². The molecule has 5 saturated carbocycles. The van der Waals surface area contributed by atoms with Gasteiger partial charge >= 0.3 is 0 Å². The van der Waals surface area contributed by atoms with Crippen molar-refractivity contribution in [2.24, 2.45) is 28.9 Å². The van der Waals surface area contributed by atoms with Crippen LogP contribution in [0.3, 0.4) is 0 Å². The zero-order chi connectivity index (χ0) is 16.0. The van der Waals surface area contributed by atoms with Gasteiger partial charge in [0.2, 0.25) is 5.91 Å². The average Bonchev–Trinajstić information content (AvgIpc) is 3.14. The topological polar surface area (TPSA) is 90.4 Å². The Kier molecular flexibility index (Phi) is 2.65. The number of likely N-dealkylation sites (tertiary alicyclic amines) is 1. The molecule has 4 bridgehead atoms. The van der Waals surface area contributed by atoms with Crippen molar-refractivity contribution < 1.29 is 9.90 Å². The molecule has 0 aromatic heterocycles. The molecule has 124 valence electrons. The first-order valence-electron chi connectivity index (χ1n) is 9.13. The highest BCUT2D eigenvalue weighted by Crippen LogP contribution is 2.63. The van der Waals surface area contributed by atoms with Crippen LogP contribution in [-0.4, -0.2) is 39.6 Å². The van der Waals surface area contributed by atoms with Gasteiger partial charge in [0.15, 0.2) is 0 Å². The van der Waals surface area contributed by atoms with Gasteiger partial charge in [-0.2, -0.15) is 5.26 Å². The first-order valence-corrected chi connectivity index (χ1v) is 9.13. The molecular formula is C18H25N3O2. The van der Waals surface area contributed by atoms with Crippen LogP contribution in [0.5, 0.6) is 0 Å². The lowest BCUT2D eigenvalue weighted by molar-refractivity contribution is -0.177. The molecule has 5 heteroatoms. The minimum atomic E-state index is -0.594. The Labute approximate surface area is 136 Å². The van der Waals surface area contributed by atoms with Crippen molar-refractivity contribution in [2.45, 2.75) is 75.1 Å². The zero-order valence-electron chi connectivity index (χ0n) is 13.4. The van der Waals surface area contributed by atoms with Crippen LogP contribution in [0.15, 0.2) is 0 Å². The van der Waals surface area contributed by atoms with Gasteiger partial charge in [-0.1, -0.05) is 0 Å². The number of hydrogen-bond acceptors (Lipinski definition) is 4. The van der Waals surface area contributed by atoms with Crippen LogP contribution >= 0.6 is 0 Å². The van der Waals surface area contributed by atoms with Crippen LogP contribution in [0.4, 0.5) is 0 Å². The molecule has 23 heavy (non-hydrogen) atoms. The quantitative estimate of drug-likeness (QED) is 0.800. The van der Waals surface area contributed by atoms with Crippen molar-refractivity contribution in [3.63, 3.8) is 0 Å². The highest BCUT2D eigenvalue weighted by molar-refractivity contribution is 5.84. The lowest BCUT2D eigenvalue weighted by atomic mass is 9.46. The van der Waals surface area contributed by atoms with E-state index in [1.807, 2.05) is 0 Å². The molecular weight excluding hydrogens is 290 g/mol. The van der Waals surface area contributed by atoms with Crippen molar-refractivity contribution in [1.82, 2.24) is 4.90 Å². The van der Waals surface area contributed by atoms with Crippen LogP contribution in [0.2, 0.25) is 0 Å². The highest BCUT2D eigenvalue weighted by atomic mass is 16.3. The highest BCUT2D eigenvalue weighted by Gasteiger charge is 2.62. The van der Waals surface area contributed by atoms with Gasteiger partial charge in [-0.15, -0.1) is 0 Å². The minimum Gasteiger partial charge on any atom is -0.390 e. The van der Waals surface area contributed by atoms with E-state index >= 15 is 0 Å². The number of fused-ring (bicyclic) bond motifs is 1. The van der Waals surface area contributed by atoms with E-state index in [0.29, 0.717) is 24.2 Å². The predicted octanol–water partition coefficient (Wildman–Crippen LogP) is 1.16. The van der Waals surface area contributed by atoms with E-state index in [0.717, 1.165) is 38.5 Å². The average molecular weight is 315 g/mol. The second-order valence-corrected chi connectivity index (χ2v) is 9.21. The van der Waals surface area contributed by atoms with E-state index in [2.05, 4.69) is 6.07 Å². The fraction of sp³-hybridized carbons (Fsp3) is 0.889. The fourth-order valence-electron chi connectivity index (χ4n) is 6.96. The summed E-state index contributed by atoms with van der Waals surface area (Å²) in [4.78, 5) is 14.9. The number of amides is 1. The second kappa shape index (κ2) is 4.29. The number of nitriles is 1. The molecule has 6 fully saturated rings. The number of piperidine rings is 1. The molecule has 1 saturated heterocycles. The van der Waals surface area contributed by atoms with E-state index in [9.17, 15) is 15.2 Å². The van der Waals surface area contributed by atoms with Crippen LogP contribution in [0.25, 0.3) is 0 Å². The first kappa shape index (κ1) is 14.2. The first-order chi connectivity index (χ1) is 10.9. The summed E-state index contributed by atoms with van der Waals surface area (Å²) in [5, 5.41) is 20.2. The molecule has 3 N–H and O–H groups in total. The summed E-state index contributed by atoms with van der Waals surface area (Å²) < 4.78 is 0. The molecule has 1 aliphatic heterocycles. The lowest BCUT2D eigenvalue weighted by Crippen LogP contribution is -2.64. The van der Waals surface area contributed by atoms with E-state index in [1.165, 1.54) is 6.42 Å². The Morgan fingerprint density at radius 1 is 1.22 bits per heavy atom. The summed E-state index contributed by atoms with van der Waals surface area (Å²) >= 11 is 0. The SMILES string of the molecule is N#C[C@H]1C[C@@H]2C[C@@H]2N1C(=O)[C@@H](N)C12C[C@@H]3C[C@@H](CC(O)(C3)C1)C2. The largest absolute Gasteiger partial charge is 0.390 e. The van der Waals surface area contributed by atoms with Gasteiger partial charge in [-0.3, -0.25) is 4.79 Å². The molecule has 5 nitrogen and oxygen atoms in total.